The summed E-state index contributed by atoms with van der Waals surface area (Å²) in [4.78, 5) is 16.8. The first-order chi connectivity index (χ1) is 7.36. The zero-order valence-electron chi connectivity index (χ0n) is 10.6. The molecule has 0 aliphatic carbocycles. The Morgan fingerprint density at radius 3 is 2.44 bits per heavy atom. The first-order valence-electron chi connectivity index (χ1n) is 5.29. The van der Waals surface area contributed by atoms with Gasteiger partial charge in [0.2, 0.25) is 0 Å². The van der Waals surface area contributed by atoms with Gasteiger partial charge in [0, 0.05) is 12.6 Å². The van der Waals surface area contributed by atoms with Crippen molar-refractivity contribution in [2.45, 2.75) is 19.6 Å². The van der Waals surface area contributed by atoms with E-state index in [1.165, 1.54) is 17.4 Å². The molecule has 4 heteroatoms. The Balaban J connectivity index is 3.04. The highest BCUT2D eigenvalue weighted by Gasteiger charge is 2.18. The van der Waals surface area contributed by atoms with Gasteiger partial charge in [0.05, 0.1) is 15.2 Å². The number of hydrogen-bond donors (Lipinski definition) is 0. The molecule has 0 aliphatic heterocycles. The highest BCUT2D eigenvalue weighted by Crippen LogP contribution is 2.07. The molecule has 0 aliphatic rings. The Kier molecular flexibility index (Phi) is 3.88. The van der Waals surface area contributed by atoms with E-state index >= 15 is 0 Å². The van der Waals surface area contributed by atoms with Crippen LogP contribution >= 0.6 is 0 Å². The molecule has 0 saturated carbocycles. The predicted octanol–water partition coefficient (Wildman–Crippen LogP) is 1.87. The van der Waals surface area contributed by atoms with Gasteiger partial charge >= 0.3 is 0 Å². The Bertz CT molecular complexity index is 385. The first kappa shape index (κ1) is 12.9. The van der Waals surface area contributed by atoms with Crippen molar-refractivity contribution in [1.82, 2.24) is 5.06 Å². The molecule has 16 heavy (non-hydrogen) atoms. The average molecular weight is 237 g/mol. The lowest BCUT2D eigenvalue weighted by atomic mass is 10.2. The maximum Gasteiger partial charge on any atom is 0.277 e. The van der Waals surface area contributed by atoms with Crippen LogP contribution in [-0.4, -0.2) is 33.2 Å². The summed E-state index contributed by atoms with van der Waals surface area (Å²) in [5.74, 6) is -0.109. The third-order valence-corrected chi connectivity index (χ3v) is 4.58. The fourth-order valence-electron chi connectivity index (χ4n) is 1.38. The molecule has 1 aromatic carbocycles. The van der Waals surface area contributed by atoms with E-state index in [2.05, 4.69) is 25.7 Å². The summed E-state index contributed by atoms with van der Waals surface area (Å²) < 4.78 is 0. The number of carbonyl (C=O) groups is 1. The summed E-state index contributed by atoms with van der Waals surface area (Å²) in [7, 11) is 1.73. The third-order valence-electron chi connectivity index (χ3n) is 2.54. The van der Waals surface area contributed by atoms with Crippen LogP contribution in [0.5, 0.6) is 0 Å². The van der Waals surface area contributed by atoms with Crippen LogP contribution in [0.25, 0.3) is 0 Å². The topological polar surface area (TPSA) is 29.5 Å². The van der Waals surface area contributed by atoms with Crippen molar-refractivity contribution in [2.75, 3.05) is 14.2 Å². The number of rotatable bonds is 3. The van der Waals surface area contributed by atoms with E-state index in [-0.39, 0.29) is 5.91 Å². The molecule has 1 amide bonds. The van der Waals surface area contributed by atoms with Gasteiger partial charge in [-0.05, 0) is 6.07 Å². The lowest BCUT2D eigenvalue weighted by molar-refractivity contribution is -0.0756. The van der Waals surface area contributed by atoms with E-state index in [1.54, 1.807) is 7.05 Å². The number of hydroxylamine groups is 2. The van der Waals surface area contributed by atoms with E-state index in [4.69, 9.17) is 4.84 Å². The van der Waals surface area contributed by atoms with E-state index < -0.39 is 8.07 Å². The quantitative estimate of drug-likeness (QED) is 0.593. The molecule has 0 radical (unpaired) electrons. The molecular formula is C12H19NO2Si. The summed E-state index contributed by atoms with van der Waals surface area (Å²) >= 11 is 0. The molecule has 1 rings (SSSR count). The van der Waals surface area contributed by atoms with Crippen LogP contribution < -0.4 is 5.19 Å². The van der Waals surface area contributed by atoms with Crippen LogP contribution in [0.15, 0.2) is 24.3 Å². The van der Waals surface area contributed by atoms with Gasteiger partial charge in [0.15, 0.2) is 0 Å². The van der Waals surface area contributed by atoms with Crippen molar-refractivity contribution in [3.63, 3.8) is 0 Å². The molecule has 0 bridgehead atoms. The smallest absolute Gasteiger partial charge is 0.274 e. The molecule has 3 nitrogen and oxygen atoms in total. The maximum absolute atomic E-state index is 11.9. The molecule has 0 unspecified atom stereocenters. The zero-order chi connectivity index (χ0) is 12.3. The molecule has 0 spiro atoms. The summed E-state index contributed by atoms with van der Waals surface area (Å²) in [5, 5.41) is 2.52. The highest BCUT2D eigenvalue weighted by atomic mass is 28.3. The van der Waals surface area contributed by atoms with Crippen LogP contribution in [0.1, 0.15) is 10.4 Å². The maximum atomic E-state index is 11.9. The van der Waals surface area contributed by atoms with Crippen molar-refractivity contribution in [2.24, 2.45) is 0 Å². The second-order valence-electron chi connectivity index (χ2n) is 4.82. The number of carbonyl (C=O) groups excluding carboxylic acids is 1. The molecule has 88 valence electrons. The van der Waals surface area contributed by atoms with Crippen molar-refractivity contribution in [3.05, 3.63) is 29.8 Å². The second kappa shape index (κ2) is 4.80. The van der Waals surface area contributed by atoms with E-state index in [9.17, 15) is 4.79 Å². The number of hydrogen-bond acceptors (Lipinski definition) is 2. The average Bonchev–Trinajstić information content (AvgIpc) is 2.26. The molecule has 1 aromatic rings. The molecule has 0 saturated heterocycles. The minimum atomic E-state index is -1.37. The third kappa shape index (κ3) is 2.93. The van der Waals surface area contributed by atoms with Gasteiger partial charge in [0.1, 0.15) is 0 Å². The van der Waals surface area contributed by atoms with Gasteiger partial charge in [-0.3, -0.25) is 9.63 Å². The van der Waals surface area contributed by atoms with Crippen LogP contribution in [0, 0.1) is 0 Å². The van der Waals surface area contributed by atoms with Crippen molar-refractivity contribution < 1.29 is 9.63 Å². The Labute approximate surface area is 98.0 Å². The SMILES string of the molecule is CON(C)C(=O)c1cccc([Si](C)(C)C)c1. The van der Waals surface area contributed by atoms with Crippen LogP contribution in [-0.2, 0) is 4.84 Å². The van der Waals surface area contributed by atoms with E-state index in [0.29, 0.717) is 5.56 Å². The highest BCUT2D eigenvalue weighted by molar-refractivity contribution is 6.88. The first-order valence-corrected chi connectivity index (χ1v) is 8.79. The molecule has 0 aromatic heterocycles. The number of nitrogens with zero attached hydrogens (tertiary/aromatic N) is 1. The molecule has 0 atom stereocenters. The molecular weight excluding hydrogens is 218 g/mol. The summed E-state index contributed by atoms with van der Waals surface area (Å²) in [5.41, 5.74) is 0.685. The lowest BCUT2D eigenvalue weighted by Gasteiger charge is -2.19. The fraction of sp³-hybridized carbons (Fsp3) is 0.417. The second-order valence-corrected chi connectivity index (χ2v) is 9.89. The standard InChI is InChI=1S/C12H19NO2Si/c1-13(15-2)12(14)10-7-6-8-11(9-10)16(3,4)5/h6-9H,1-5H3. The Morgan fingerprint density at radius 2 is 1.94 bits per heavy atom. The van der Waals surface area contributed by atoms with E-state index in [0.717, 1.165) is 0 Å². The summed E-state index contributed by atoms with van der Waals surface area (Å²) in [6, 6.07) is 7.83. The Morgan fingerprint density at radius 1 is 1.31 bits per heavy atom. The number of amides is 1. The molecule has 0 fully saturated rings. The van der Waals surface area contributed by atoms with Crippen molar-refractivity contribution >= 4 is 19.2 Å². The minimum Gasteiger partial charge on any atom is -0.274 e. The predicted molar refractivity (Wildman–Crippen MR) is 68.5 cm³/mol. The summed E-state index contributed by atoms with van der Waals surface area (Å²) in [6.45, 7) is 6.78. The van der Waals surface area contributed by atoms with Gasteiger partial charge in [-0.25, -0.2) is 5.06 Å². The van der Waals surface area contributed by atoms with Gasteiger partial charge in [0.25, 0.3) is 5.91 Å². The largest absolute Gasteiger partial charge is 0.277 e. The van der Waals surface area contributed by atoms with Gasteiger partial charge in [-0.15, -0.1) is 0 Å². The Hall–Kier alpha value is -1.13. The van der Waals surface area contributed by atoms with Crippen LogP contribution in [0.3, 0.4) is 0 Å². The van der Waals surface area contributed by atoms with Crippen molar-refractivity contribution in [1.29, 1.82) is 0 Å². The van der Waals surface area contributed by atoms with E-state index in [1.807, 2.05) is 18.2 Å². The van der Waals surface area contributed by atoms with Gasteiger partial charge < -0.3 is 0 Å². The van der Waals surface area contributed by atoms with Gasteiger partial charge in [-0.2, -0.15) is 0 Å². The zero-order valence-corrected chi connectivity index (χ0v) is 11.6. The normalized spacial score (nSPS) is 11.3. The lowest BCUT2D eigenvalue weighted by Crippen LogP contribution is -2.38. The van der Waals surface area contributed by atoms with Crippen LogP contribution in [0.4, 0.5) is 0 Å². The summed E-state index contributed by atoms with van der Waals surface area (Å²) in [6.07, 6.45) is 0. The fourth-order valence-corrected chi connectivity index (χ4v) is 2.57. The van der Waals surface area contributed by atoms with Crippen LogP contribution in [0.2, 0.25) is 19.6 Å². The van der Waals surface area contributed by atoms with Crippen molar-refractivity contribution in [3.8, 4) is 0 Å². The molecule has 0 N–H and O–H groups in total. The number of benzene rings is 1. The molecule has 0 heterocycles. The van der Waals surface area contributed by atoms with Gasteiger partial charge in [-0.1, -0.05) is 43.0 Å². The monoisotopic (exact) mass is 237 g/mol. The minimum absolute atomic E-state index is 0.109.